The summed E-state index contributed by atoms with van der Waals surface area (Å²) in [5.74, 6) is 2.35. The molecule has 2 aliphatic heterocycles. The quantitative estimate of drug-likeness (QED) is 0.337. The minimum Gasteiger partial charge on any atom is -0.497 e. The lowest BCUT2D eigenvalue weighted by Crippen LogP contribution is -2.51. The molecule has 8 heteroatoms. The van der Waals surface area contributed by atoms with Gasteiger partial charge >= 0.3 is 0 Å². The van der Waals surface area contributed by atoms with Crippen LogP contribution in [0.3, 0.4) is 0 Å². The molecule has 3 rings (SSSR count). The average molecular weight is 504 g/mol. The van der Waals surface area contributed by atoms with Gasteiger partial charge in [0.1, 0.15) is 17.6 Å². The van der Waals surface area contributed by atoms with Crippen LogP contribution in [0, 0.1) is 0 Å². The Bertz CT molecular complexity index is 631. The lowest BCUT2D eigenvalue weighted by atomic mass is 10.2. The van der Waals surface area contributed by atoms with E-state index in [-0.39, 0.29) is 36.2 Å². The summed E-state index contributed by atoms with van der Waals surface area (Å²) in [6.45, 7) is 6.49. The smallest absolute Gasteiger partial charge is 0.191 e. The first-order valence-corrected chi connectivity index (χ1v) is 9.79. The third-order valence-electron chi connectivity index (χ3n) is 5.12. The third kappa shape index (κ3) is 6.66. The molecule has 158 valence electrons. The third-order valence-corrected chi connectivity index (χ3v) is 5.12. The molecule has 28 heavy (non-hydrogen) atoms. The molecule has 0 radical (unpaired) electrons. The number of hydrogen-bond acceptors (Lipinski definition) is 5. The maximum Gasteiger partial charge on any atom is 0.191 e. The van der Waals surface area contributed by atoms with Crippen molar-refractivity contribution >= 4 is 29.9 Å². The molecule has 2 fully saturated rings. The summed E-state index contributed by atoms with van der Waals surface area (Å²) in [4.78, 5) is 6.85. The predicted octanol–water partition coefficient (Wildman–Crippen LogP) is 2.11. The summed E-state index contributed by atoms with van der Waals surface area (Å²) in [7, 11) is 3.43. The molecule has 2 heterocycles. The number of fused-ring (bicyclic) bond motifs is 1. The van der Waals surface area contributed by atoms with E-state index in [2.05, 4.69) is 20.5 Å². The zero-order chi connectivity index (χ0) is 19.1. The summed E-state index contributed by atoms with van der Waals surface area (Å²) in [5, 5.41) is 6.69. The van der Waals surface area contributed by atoms with Crippen molar-refractivity contribution in [3.8, 4) is 11.5 Å². The van der Waals surface area contributed by atoms with E-state index in [1.165, 1.54) is 19.4 Å². The van der Waals surface area contributed by atoms with Crippen LogP contribution in [0.15, 0.2) is 29.3 Å². The molecule has 3 atom stereocenters. The van der Waals surface area contributed by atoms with Gasteiger partial charge in [-0.05, 0) is 38.4 Å². The van der Waals surface area contributed by atoms with E-state index >= 15 is 0 Å². The van der Waals surface area contributed by atoms with Gasteiger partial charge in [-0.15, -0.1) is 24.0 Å². The molecule has 0 bridgehead atoms. The van der Waals surface area contributed by atoms with E-state index in [1.807, 2.05) is 31.2 Å². The Morgan fingerprint density at radius 2 is 2.18 bits per heavy atom. The molecular weight excluding hydrogens is 471 g/mol. The molecular formula is C20H33IN4O3. The molecule has 3 unspecified atom stereocenters. The maximum absolute atomic E-state index is 5.99. The van der Waals surface area contributed by atoms with E-state index in [1.54, 1.807) is 14.2 Å². The Balaban J connectivity index is 0.00000280. The van der Waals surface area contributed by atoms with Crippen LogP contribution in [0.4, 0.5) is 0 Å². The van der Waals surface area contributed by atoms with E-state index in [0.717, 1.165) is 37.2 Å². The minimum atomic E-state index is -0.00746. The zero-order valence-electron chi connectivity index (χ0n) is 17.0. The monoisotopic (exact) mass is 504 g/mol. The second-order valence-electron chi connectivity index (χ2n) is 7.19. The Labute approximate surface area is 185 Å². The largest absolute Gasteiger partial charge is 0.497 e. The van der Waals surface area contributed by atoms with Gasteiger partial charge in [0.05, 0.1) is 26.4 Å². The van der Waals surface area contributed by atoms with Crippen molar-refractivity contribution < 1.29 is 14.2 Å². The average Bonchev–Trinajstić information content (AvgIpc) is 3.16. The summed E-state index contributed by atoms with van der Waals surface area (Å²) in [6.07, 6.45) is 2.77. The van der Waals surface area contributed by atoms with Gasteiger partial charge < -0.3 is 24.8 Å². The highest BCUT2D eigenvalue weighted by Gasteiger charge is 2.32. The first-order chi connectivity index (χ1) is 13.2. The Kier molecular flexibility index (Phi) is 9.60. The van der Waals surface area contributed by atoms with E-state index in [0.29, 0.717) is 12.6 Å². The molecule has 0 saturated carbocycles. The SMILES string of the molecule is CN=C(NCC(C)Oc1cccc(OC)c1)NCC1CN2CCCC2CO1.I. The van der Waals surface area contributed by atoms with Crippen molar-refractivity contribution in [2.24, 2.45) is 4.99 Å². The molecule has 1 aromatic rings. The first kappa shape index (κ1) is 23.0. The van der Waals surface area contributed by atoms with Crippen LogP contribution in [0.25, 0.3) is 0 Å². The molecule has 0 aromatic heterocycles. The number of methoxy groups -OCH3 is 1. The number of benzene rings is 1. The van der Waals surface area contributed by atoms with Gasteiger partial charge in [0, 0.05) is 32.2 Å². The molecule has 7 nitrogen and oxygen atoms in total. The van der Waals surface area contributed by atoms with E-state index in [4.69, 9.17) is 14.2 Å². The van der Waals surface area contributed by atoms with Gasteiger partial charge in [0.15, 0.2) is 5.96 Å². The Hall–Kier alpha value is -1.26. The number of aliphatic imine (C=N–C) groups is 1. The summed E-state index contributed by atoms with van der Waals surface area (Å²) < 4.78 is 17.2. The van der Waals surface area contributed by atoms with E-state index in [9.17, 15) is 0 Å². The number of hydrogen-bond donors (Lipinski definition) is 2. The fraction of sp³-hybridized carbons (Fsp3) is 0.650. The lowest BCUT2D eigenvalue weighted by Gasteiger charge is -2.35. The number of nitrogens with zero attached hydrogens (tertiary/aromatic N) is 2. The Morgan fingerprint density at radius 1 is 1.36 bits per heavy atom. The normalized spacial score (nSPS) is 23.3. The van der Waals surface area contributed by atoms with Crippen LogP contribution >= 0.6 is 24.0 Å². The highest BCUT2D eigenvalue weighted by Crippen LogP contribution is 2.22. The van der Waals surface area contributed by atoms with Crippen molar-refractivity contribution in [2.45, 2.75) is 38.0 Å². The van der Waals surface area contributed by atoms with Gasteiger partial charge in [-0.1, -0.05) is 6.07 Å². The molecule has 2 N–H and O–H groups in total. The minimum absolute atomic E-state index is 0. The topological polar surface area (TPSA) is 67.4 Å². The number of morpholine rings is 1. The van der Waals surface area contributed by atoms with Crippen molar-refractivity contribution in [2.75, 3.05) is 46.9 Å². The fourth-order valence-corrected chi connectivity index (χ4v) is 3.63. The van der Waals surface area contributed by atoms with E-state index < -0.39 is 0 Å². The zero-order valence-corrected chi connectivity index (χ0v) is 19.3. The van der Waals surface area contributed by atoms with Crippen LogP contribution in [-0.2, 0) is 4.74 Å². The molecule has 0 spiro atoms. The lowest BCUT2D eigenvalue weighted by molar-refractivity contribution is -0.0453. The Morgan fingerprint density at radius 3 is 2.96 bits per heavy atom. The van der Waals surface area contributed by atoms with Crippen LogP contribution < -0.4 is 20.1 Å². The summed E-state index contributed by atoms with van der Waals surface area (Å²) >= 11 is 0. The van der Waals surface area contributed by atoms with Crippen molar-refractivity contribution in [3.05, 3.63) is 24.3 Å². The summed E-state index contributed by atoms with van der Waals surface area (Å²) in [6, 6.07) is 8.27. The number of halogens is 1. The second kappa shape index (κ2) is 11.7. The number of guanidine groups is 1. The molecule has 0 aliphatic carbocycles. The predicted molar refractivity (Wildman–Crippen MR) is 122 cm³/mol. The molecule has 2 aliphatic rings. The first-order valence-electron chi connectivity index (χ1n) is 9.79. The van der Waals surface area contributed by atoms with Crippen LogP contribution in [-0.4, -0.2) is 76.1 Å². The van der Waals surface area contributed by atoms with Crippen molar-refractivity contribution in [3.63, 3.8) is 0 Å². The molecule has 1 aromatic carbocycles. The van der Waals surface area contributed by atoms with Crippen molar-refractivity contribution in [1.29, 1.82) is 0 Å². The number of rotatable bonds is 7. The highest BCUT2D eigenvalue weighted by molar-refractivity contribution is 14.0. The number of nitrogens with one attached hydrogen (secondary N) is 2. The molecule has 0 amide bonds. The van der Waals surface area contributed by atoms with Gasteiger partial charge in [-0.2, -0.15) is 0 Å². The standard InChI is InChI=1S/C20H32N4O3.HI/c1-15(27-18-8-4-7-17(10-18)25-3)11-22-20(21-2)23-12-19-13-24-9-5-6-16(24)14-26-19;/h4,7-8,10,15-16,19H,5-6,9,11-14H2,1-3H3,(H2,21,22,23);1H. The summed E-state index contributed by atoms with van der Waals surface area (Å²) in [5.41, 5.74) is 0. The van der Waals surface area contributed by atoms with Crippen LogP contribution in [0.1, 0.15) is 19.8 Å². The molecule has 2 saturated heterocycles. The van der Waals surface area contributed by atoms with Gasteiger partial charge in [-0.25, -0.2) is 0 Å². The highest BCUT2D eigenvalue weighted by atomic mass is 127. The van der Waals surface area contributed by atoms with Crippen LogP contribution in [0.5, 0.6) is 11.5 Å². The van der Waals surface area contributed by atoms with Gasteiger partial charge in [0.2, 0.25) is 0 Å². The van der Waals surface area contributed by atoms with Crippen LogP contribution in [0.2, 0.25) is 0 Å². The fourth-order valence-electron chi connectivity index (χ4n) is 3.63. The number of ether oxygens (including phenoxy) is 3. The van der Waals surface area contributed by atoms with Gasteiger partial charge in [-0.3, -0.25) is 9.89 Å². The van der Waals surface area contributed by atoms with Crippen molar-refractivity contribution in [1.82, 2.24) is 15.5 Å². The maximum atomic E-state index is 5.99. The van der Waals surface area contributed by atoms with Gasteiger partial charge in [0.25, 0.3) is 0 Å². The second-order valence-corrected chi connectivity index (χ2v) is 7.19.